The van der Waals surface area contributed by atoms with E-state index in [2.05, 4.69) is 24.3 Å². The summed E-state index contributed by atoms with van der Waals surface area (Å²) in [6.07, 6.45) is 20.2. The molecule has 1 aliphatic rings. The van der Waals surface area contributed by atoms with Gasteiger partial charge in [-0.05, 0) is 6.92 Å². The van der Waals surface area contributed by atoms with Crippen molar-refractivity contribution in [2.24, 2.45) is 0 Å². The third kappa shape index (κ3) is 12.9. The van der Waals surface area contributed by atoms with E-state index in [0.717, 1.165) is 12.0 Å². The van der Waals surface area contributed by atoms with Gasteiger partial charge in [-0.3, -0.25) is 6.58 Å². The number of hydrogen-bond donors (Lipinski definition) is 0. The summed E-state index contributed by atoms with van der Waals surface area (Å²) in [7, 11) is 0. The summed E-state index contributed by atoms with van der Waals surface area (Å²) in [4.78, 5) is 0. The average molecular weight is 264 g/mol. The monoisotopic (exact) mass is 264 g/mol. The first-order chi connectivity index (χ1) is 7.70. The molecule has 0 atom stereocenters. The van der Waals surface area contributed by atoms with Gasteiger partial charge in [0.25, 0.3) is 0 Å². The van der Waals surface area contributed by atoms with E-state index in [0.29, 0.717) is 0 Å². The third-order valence-corrected chi connectivity index (χ3v) is 1.73. The van der Waals surface area contributed by atoms with Gasteiger partial charge in [0.2, 0.25) is 0 Å². The maximum atomic E-state index is 5.23. The molecule has 0 N–H and O–H groups in total. The summed E-state index contributed by atoms with van der Waals surface area (Å²) in [5, 5.41) is 0. The van der Waals surface area contributed by atoms with Gasteiger partial charge < -0.3 is 0 Å². The topological polar surface area (TPSA) is 0 Å². The molecule has 0 saturated carbocycles. The Bertz CT molecular complexity index is 339. The Kier molecular flexibility index (Phi) is 14.1. The quantitative estimate of drug-likeness (QED) is 0.510. The largest absolute Gasteiger partial charge is 2.00 e. The van der Waals surface area contributed by atoms with Crippen LogP contribution in [0.15, 0.2) is 59.8 Å². The third-order valence-electron chi connectivity index (χ3n) is 1.73. The molecule has 17 heavy (non-hydrogen) atoms. The first-order valence-electron chi connectivity index (χ1n) is 5.49. The normalized spacial score (nSPS) is 13.7. The molecular formula is C16H20Cr. The SMILES string of the molecule is CC=CC=CC1=[C-]CC=C1.[CH-]=C(C)C=CC.[Cr+2]. The molecule has 0 spiro atoms. The van der Waals surface area contributed by atoms with Crippen molar-refractivity contribution in [3.05, 3.63) is 72.4 Å². The summed E-state index contributed by atoms with van der Waals surface area (Å²) in [6, 6.07) is 0. The van der Waals surface area contributed by atoms with Gasteiger partial charge in [0.15, 0.2) is 0 Å². The van der Waals surface area contributed by atoms with Crippen LogP contribution in [0.25, 0.3) is 0 Å². The fourth-order valence-electron chi connectivity index (χ4n) is 1.07. The molecule has 0 aromatic rings. The summed E-state index contributed by atoms with van der Waals surface area (Å²) in [6.45, 7) is 11.0. The van der Waals surface area contributed by atoms with Gasteiger partial charge in [-0.2, -0.15) is 29.9 Å². The minimum atomic E-state index is 0. The minimum absolute atomic E-state index is 0. The molecule has 1 rings (SSSR count). The van der Waals surface area contributed by atoms with Crippen LogP contribution < -0.4 is 0 Å². The van der Waals surface area contributed by atoms with Gasteiger partial charge >= 0.3 is 17.4 Å². The van der Waals surface area contributed by atoms with Crippen LogP contribution in [0.5, 0.6) is 0 Å². The van der Waals surface area contributed by atoms with Crippen molar-refractivity contribution in [1.29, 1.82) is 0 Å². The van der Waals surface area contributed by atoms with Crippen LogP contribution in [0, 0.1) is 12.7 Å². The average Bonchev–Trinajstić information content (AvgIpc) is 2.72. The van der Waals surface area contributed by atoms with E-state index >= 15 is 0 Å². The van der Waals surface area contributed by atoms with Gasteiger partial charge in [-0.1, -0.05) is 32.4 Å². The van der Waals surface area contributed by atoms with Gasteiger partial charge in [0.05, 0.1) is 0 Å². The van der Waals surface area contributed by atoms with Crippen molar-refractivity contribution in [3.8, 4) is 0 Å². The Labute approximate surface area is 117 Å². The van der Waals surface area contributed by atoms with Gasteiger partial charge in [0.1, 0.15) is 0 Å². The second-order valence-corrected chi connectivity index (χ2v) is 3.37. The van der Waals surface area contributed by atoms with Gasteiger partial charge in [-0.25, -0.2) is 11.6 Å². The molecule has 1 aliphatic carbocycles. The van der Waals surface area contributed by atoms with Crippen molar-refractivity contribution in [2.75, 3.05) is 0 Å². The summed E-state index contributed by atoms with van der Waals surface area (Å²) < 4.78 is 0. The van der Waals surface area contributed by atoms with Crippen LogP contribution in [0.4, 0.5) is 0 Å². The molecule has 0 aromatic carbocycles. The van der Waals surface area contributed by atoms with E-state index in [4.69, 9.17) is 6.58 Å². The zero-order valence-corrected chi connectivity index (χ0v) is 12.1. The molecule has 0 fully saturated rings. The van der Waals surface area contributed by atoms with Crippen molar-refractivity contribution in [3.63, 3.8) is 0 Å². The molecule has 0 amide bonds. The number of hydrogen-bond acceptors (Lipinski definition) is 0. The zero-order valence-electron chi connectivity index (χ0n) is 10.8. The maximum absolute atomic E-state index is 5.23. The second-order valence-electron chi connectivity index (χ2n) is 3.37. The Balaban J connectivity index is 0. The first kappa shape index (κ1) is 18.3. The number of allylic oxidation sites excluding steroid dienone is 11. The standard InChI is InChI=1S/C10H11.C6H9.Cr/c1-2-3-4-7-10-8-5-6-9-10;1-4-5-6(2)3;/h2-5,7-8H,6H2,1H3;2,4-5H,1,3H3;/q2*-1;+2. The van der Waals surface area contributed by atoms with Crippen LogP contribution >= 0.6 is 0 Å². The van der Waals surface area contributed by atoms with Gasteiger partial charge in [-0.15, -0.1) is 12.2 Å². The molecule has 0 saturated heterocycles. The Morgan fingerprint density at radius 1 is 1.29 bits per heavy atom. The molecule has 0 aliphatic heterocycles. The molecule has 1 heteroatoms. The molecule has 0 radical (unpaired) electrons. The number of rotatable bonds is 3. The van der Waals surface area contributed by atoms with E-state index in [-0.39, 0.29) is 17.4 Å². The zero-order chi connectivity index (χ0) is 12.2. The summed E-state index contributed by atoms with van der Waals surface area (Å²) >= 11 is 0. The molecule has 0 bridgehead atoms. The van der Waals surface area contributed by atoms with E-state index in [1.54, 1.807) is 0 Å². The van der Waals surface area contributed by atoms with E-state index in [1.165, 1.54) is 5.57 Å². The predicted molar refractivity (Wildman–Crippen MR) is 72.8 cm³/mol. The van der Waals surface area contributed by atoms with E-state index in [1.807, 2.05) is 51.2 Å². The van der Waals surface area contributed by atoms with Crippen molar-refractivity contribution >= 4 is 0 Å². The van der Waals surface area contributed by atoms with Crippen LogP contribution in [-0.2, 0) is 17.4 Å². The fourth-order valence-corrected chi connectivity index (χ4v) is 1.07. The molecule has 0 unspecified atom stereocenters. The fraction of sp³-hybridized carbons (Fsp3) is 0.250. The second kappa shape index (κ2) is 13.0. The Hall–Kier alpha value is -1.03. The molecule has 90 valence electrons. The van der Waals surface area contributed by atoms with Crippen molar-refractivity contribution in [2.45, 2.75) is 27.2 Å². The van der Waals surface area contributed by atoms with Crippen LogP contribution in [-0.4, -0.2) is 0 Å². The Morgan fingerprint density at radius 3 is 2.35 bits per heavy atom. The van der Waals surface area contributed by atoms with E-state index < -0.39 is 0 Å². The van der Waals surface area contributed by atoms with Crippen LogP contribution in [0.2, 0.25) is 0 Å². The smallest absolute Gasteiger partial charge is 0.290 e. The van der Waals surface area contributed by atoms with Gasteiger partial charge in [0, 0.05) is 0 Å². The molecular weight excluding hydrogens is 244 g/mol. The first-order valence-corrected chi connectivity index (χ1v) is 5.49. The van der Waals surface area contributed by atoms with Crippen molar-refractivity contribution in [1.82, 2.24) is 0 Å². The summed E-state index contributed by atoms with van der Waals surface area (Å²) in [5.74, 6) is 0. The van der Waals surface area contributed by atoms with Crippen molar-refractivity contribution < 1.29 is 17.4 Å². The van der Waals surface area contributed by atoms with Crippen LogP contribution in [0.1, 0.15) is 27.2 Å². The molecule has 0 aromatic heterocycles. The maximum Gasteiger partial charge on any atom is 2.00 e. The molecule has 0 heterocycles. The Morgan fingerprint density at radius 2 is 2.00 bits per heavy atom. The minimum Gasteiger partial charge on any atom is -0.290 e. The van der Waals surface area contributed by atoms with Crippen LogP contribution in [0.3, 0.4) is 0 Å². The summed E-state index contributed by atoms with van der Waals surface area (Å²) in [5.41, 5.74) is 2.05. The predicted octanol–water partition coefficient (Wildman–Crippen LogP) is 4.75. The van der Waals surface area contributed by atoms with E-state index in [9.17, 15) is 0 Å². The molecule has 0 nitrogen and oxygen atoms in total.